The van der Waals surface area contributed by atoms with Gasteiger partial charge in [-0.15, -0.1) is 0 Å². The number of hydrogen-bond acceptors (Lipinski definition) is 2. The lowest BCUT2D eigenvalue weighted by Gasteiger charge is -2.40. The fraction of sp³-hybridized carbons (Fsp3) is 0.440. The summed E-state index contributed by atoms with van der Waals surface area (Å²) in [4.78, 5) is 16.0. The molecule has 2 aromatic rings. The molecule has 30 heavy (non-hydrogen) atoms. The molecule has 1 aromatic heterocycles. The van der Waals surface area contributed by atoms with Gasteiger partial charge in [0.2, 0.25) is 0 Å². The summed E-state index contributed by atoms with van der Waals surface area (Å²) in [5.41, 5.74) is 2.33. The van der Waals surface area contributed by atoms with Crippen molar-refractivity contribution < 1.29 is 14.3 Å². The summed E-state index contributed by atoms with van der Waals surface area (Å²) in [6, 6.07) is 10.3. The van der Waals surface area contributed by atoms with E-state index in [-0.39, 0.29) is 17.3 Å². The van der Waals surface area contributed by atoms with Crippen LogP contribution in [0.2, 0.25) is 0 Å². The fourth-order valence-corrected chi connectivity index (χ4v) is 5.77. The van der Waals surface area contributed by atoms with Crippen LogP contribution in [-0.2, 0) is 0 Å². The Morgan fingerprint density at radius 1 is 1.27 bits per heavy atom. The molecule has 0 saturated heterocycles. The first-order chi connectivity index (χ1) is 14.5. The molecule has 4 rings (SSSR count). The van der Waals surface area contributed by atoms with Gasteiger partial charge in [-0.25, -0.2) is 9.18 Å². The summed E-state index contributed by atoms with van der Waals surface area (Å²) in [6.07, 6.45) is 11.7. The average molecular weight is 409 g/mol. The van der Waals surface area contributed by atoms with Crippen LogP contribution in [-0.4, -0.2) is 22.2 Å². The van der Waals surface area contributed by atoms with E-state index in [1.54, 1.807) is 12.3 Å². The first-order valence-corrected chi connectivity index (χ1v) is 10.9. The second-order valence-corrected chi connectivity index (χ2v) is 8.67. The van der Waals surface area contributed by atoms with E-state index in [9.17, 15) is 14.3 Å². The van der Waals surface area contributed by atoms with Gasteiger partial charge in [0.25, 0.3) is 0 Å². The second kappa shape index (κ2) is 8.58. The van der Waals surface area contributed by atoms with Crippen molar-refractivity contribution in [1.29, 1.82) is 0 Å². The monoisotopic (exact) mass is 408 g/mol. The second-order valence-electron chi connectivity index (χ2n) is 8.67. The van der Waals surface area contributed by atoms with Crippen molar-refractivity contribution in [3.8, 4) is 11.1 Å². The molecule has 2 saturated carbocycles. The maximum atomic E-state index is 13.5. The van der Waals surface area contributed by atoms with Crippen LogP contribution in [0.1, 0.15) is 51.1 Å². The van der Waals surface area contributed by atoms with E-state index >= 15 is 0 Å². The molecule has 0 bridgehead atoms. The minimum atomic E-state index is -0.942. The summed E-state index contributed by atoms with van der Waals surface area (Å²) in [7, 11) is 0. The van der Waals surface area contributed by atoms with Gasteiger partial charge in [-0.05, 0) is 60.9 Å². The molecule has 1 amide bonds. The molecule has 5 heteroatoms. The molecule has 4 atom stereocenters. The number of hydrogen-bond donors (Lipinski definition) is 2. The van der Waals surface area contributed by atoms with Crippen LogP contribution in [0.3, 0.4) is 0 Å². The molecule has 4 nitrogen and oxygen atoms in total. The first-order valence-electron chi connectivity index (χ1n) is 10.9. The van der Waals surface area contributed by atoms with E-state index in [0.29, 0.717) is 11.8 Å². The van der Waals surface area contributed by atoms with Crippen LogP contribution in [0.25, 0.3) is 17.2 Å². The number of carboxylic acid groups (broad SMARTS) is 1. The number of fused-ring (bicyclic) bond motifs is 1. The lowest BCUT2D eigenvalue weighted by atomic mass is 9.66. The summed E-state index contributed by atoms with van der Waals surface area (Å²) >= 11 is 0. The molecule has 2 aliphatic carbocycles. The van der Waals surface area contributed by atoms with Gasteiger partial charge in [0, 0.05) is 23.2 Å². The molecule has 158 valence electrons. The van der Waals surface area contributed by atoms with E-state index in [4.69, 9.17) is 0 Å². The molecular formula is C25H29FN2O2. The number of pyridine rings is 1. The summed E-state index contributed by atoms with van der Waals surface area (Å²) in [6.45, 7) is 2.17. The van der Waals surface area contributed by atoms with E-state index < -0.39 is 6.09 Å². The van der Waals surface area contributed by atoms with Crippen LogP contribution in [0, 0.1) is 23.1 Å². The zero-order valence-electron chi connectivity index (χ0n) is 17.4. The van der Waals surface area contributed by atoms with Crippen LogP contribution >= 0.6 is 0 Å². The topological polar surface area (TPSA) is 62.2 Å². The summed E-state index contributed by atoms with van der Waals surface area (Å²) in [5.74, 6) is 0.834. The normalized spacial score (nSPS) is 28.4. The number of halogens is 1. The summed E-state index contributed by atoms with van der Waals surface area (Å²) in [5, 5.41) is 12.2. The van der Waals surface area contributed by atoms with E-state index in [1.165, 1.54) is 31.4 Å². The standard InChI is InChI=1S/C25H29FN2O2/c1-2-25(22-9-4-3-6-18(22)15-23(25)28-24(29)30)13-12-21-11-10-19(16-27-21)17-7-5-8-20(26)14-17/h5,7-8,10-14,16,18,22-23,28H,2-4,6,9,15H2,1H3,(H,29,30)/t18-,22-,23?,25?/m1/s1. The minimum absolute atomic E-state index is 0.0593. The number of carbonyl (C=O) groups is 1. The number of nitrogens with one attached hydrogen (secondary N) is 1. The minimum Gasteiger partial charge on any atom is -0.465 e. The van der Waals surface area contributed by atoms with Gasteiger partial charge >= 0.3 is 6.09 Å². The highest BCUT2D eigenvalue weighted by molar-refractivity contribution is 5.66. The van der Waals surface area contributed by atoms with Crippen molar-refractivity contribution >= 4 is 12.2 Å². The third-order valence-electron chi connectivity index (χ3n) is 7.21. The Labute approximate surface area is 177 Å². The van der Waals surface area contributed by atoms with Crippen LogP contribution in [0.5, 0.6) is 0 Å². The Balaban J connectivity index is 1.60. The Hall–Kier alpha value is -2.69. The zero-order valence-corrected chi connectivity index (χ0v) is 17.4. The lowest BCUT2D eigenvalue weighted by Crippen LogP contribution is -2.45. The largest absolute Gasteiger partial charge is 0.465 e. The number of nitrogens with zero attached hydrogens (tertiary/aromatic N) is 1. The predicted molar refractivity (Wildman–Crippen MR) is 116 cm³/mol. The zero-order chi connectivity index (χ0) is 21.1. The smallest absolute Gasteiger partial charge is 0.404 e. The first kappa shape index (κ1) is 20.6. The maximum Gasteiger partial charge on any atom is 0.404 e. The number of amides is 1. The van der Waals surface area contributed by atoms with Crippen molar-refractivity contribution in [2.24, 2.45) is 17.3 Å². The molecule has 1 heterocycles. The van der Waals surface area contributed by atoms with Crippen LogP contribution in [0.15, 0.2) is 48.7 Å². The molecule has 0 spiro atoms. The Morgan fingerprint density at radius 3 is 2.80 bits per heavy atom. The van der Waals surface area contributed by atoms with Crippen LogP contribution < -0.4 is 5.32 Å². The maximum absolute atomic E-state index is 13.5. The third-order valence-corrected chi connectivity index (χ3v) is 7.21. The van der Waals surface area contributed by atoms with Crippen molar-refractivity contribution in [3.63, 3.8) is 0 Å². The van der Waals surface area contributed by atoms with Gasteiger partial charge in [0.1, 0.15) is 5.82 Å². The molecule has 2 fully saturated rings. The number of aromatic nitrogens is 1. The Kier molecular flexibility index (Phi) is 5.89. The van der Waals surface area contributed by atoms with Gasteiger partial charge in [0.15, 0.2) is 0 Å². The molecule has 2 aliphatic rings. The van der Waals surface area contributed by atoms with Gasteiger partial charge < -0.3 is 10.4 Å². The van der Waals surface area contributed by atoms with Gasteiger partial charge in [0.05, 0.1) is 5.69 Å². The number of benzene rings is 1. The van der Waals surface area contributed by atoms with Crippen molar-refractivity contribution in [2.45, 2.75) is 51.5 Å². The highest BCUT2D eigenvalue weighted by Gasteiger charge is 2.53. The Bertz CT molecular complexity index is 927. The number of rotatable bonds is 5. The molecular weight excluding hydrogens is 379 g/mol. The van der Waals surface area contributed by atoms with E-state index in [2.05, 4.69) is 23.3 Å². The van der Waals surface area contributed by atoms with Gasteiger partial charge in [-0.2, -0.15) is 0 Å². The van der Waals surface area contributed by atoms with Crippen molar-refractivity contribution in [1.82, 2.24) is 10.3 Å². The van der Waals surface area contributed by atoms with E-state index in [1.807, 2.05) is 24.3 Å². The molecule has 1 aromatic carbocycles. The third kappa shape index (κ3) is 3.98. The van der Waals surface area contributed by atoms with Gasteiger partial charge in [-0.1, -0.05) is 50.5 Å². The molecule has 0 aliphatic heterocycles. The van der Waals surface area contributed by atoms with E-state index in [0.717, 1.165) is 36.1 Å². The molecule has 2 unspecified atom stereocenters. The SMILES string of the molecule is CCC1(C=Cc2ccc(-c3cccc(F)c3)cn2)C(NC(=O)O)C[C@H]2CCCC[C@H]21. The average Bonchev–Trinajstić information content (AvgIpc) is 3.05. The molecule has 2 N–H and O–H groups in total. The highest BCUT2D eigenvalue weighted by atomic mass is 19.1. The van der Waals surface area contributed by atoms with Gasteiger partial charge in [-0.3, -0.25) is 4.98 Å². The predicted octanol–water partition coefficient (Wildman–Crippen LogP) is 6.14. The van der Waals surface area contributed by atoms with Crippen molar-refractivity contribution in [2.75, 3.05) is 0 Å². The molecule has 0 radical (unpaired) electrons. The fourth-order valence-electron chi connectivity index (χ4n) is 5.77. The summed E-state index contributed by atoms with van der Waals surface area (Å²) < 4.78 is 13.5. The highest BCUT2D eigenvalue weighted by Crippen LogP contribution is 2.56. The van der Waals surface area contributed by atoms with Crippen molar-refractivity contribution in [3.05, 3.63) is 60.2 Å². The lowest BCUT2D eigenvalue weighted by molar-refractivity contribution is 0.143. The van der Waals surface area contributed by atoms with Crippen LogP contribution in [0.4, 0.5) is 9.18 Å². The quantitative estimate of drug-likeness (QED) is 0.624. The Morgan fingerprint density at radius 2 is 2.10 bits per heavy atom.